The SMILES string of the molecule is CNCc1ccc2c(ccn2Cc2ccc(F)cc2Br)c1. The van der Waals surface area contributed by atoms with Crippen molar-refractivity contribution in [3.63, 3.8) is 0 Å². The normalized spacial score (nSPS) is 11.2. The molecule has 3 aromatic rings. The molecule has 21 heavy (non-hydrogen) atoms. The highest BCUT2D eigenvalue weighted by Gasteiger charge is 2.06. The monoisotopic (exact) mass is 346 g/mol. The Labute approximate surface area is 131 Å². The summed E-state index contributed by atoms with van der Waals surface area (Å²) in [6, 6.07) is 13.4. The van der Waals surface area contributed by atoms with Crippen LogP contribution in [0.4, 0.5) is 4.39 Å². The number of aromatic nitrogens is 1. The van der Waals surface area contributed by atoms with E-state index in [0.29, 0.717) is 0 Å². The maximum absolute atomic E-state index is 13.2. The van der Waals surface area contributed by atoms with E-state index >= 15 is 0 Å². The van der Waals surface area contributed by atoms with Gasteiger partial charge in [-0.3, -0.25) is 0 Å². The Kier molecular flexibility index (Phi) is 4.08. The minimum absolute atomic E-state index is 0.223. The van der Waals surface area contributed by atoms with E-state index in [1.165, 1.54) is 28.6 Å². The topological polar surface area (TPSA) is 17.0 Å². The standard InChI is InChI=1S/C17H16BrFN2/c1-20-10-12-2-5-17-13(8-12)6-7-21(17)11-14-3-4-15(19)9-16(14)18/h2-9,20H,10-11H2,1H3. The van der Waals surface area contributed by atoms with Crippen LogP contribution in [0.5, 0.6) is 0 Å². The summed E-state index contributed by atoms with van der Waals surface area (Å²) in [5.74, 6) is -0.223. The van der Waals surface area contributed by atoms with Crippen LogP contribution in [0.3, 0.4) is 0 Å². The van der Waals surface area contributed by atoms with Crippen LogP contribution < -0.4 is 5.32 Å². The van der Waals surface area contributed by atoms with Crippen molar-refractivity contribution < 1.29 is 4.39 Å². The second-order valence-corrected chi connectivity index (χ2v) is 5.96. The minimum Gasteiger partial charge on any atom is -0.343 e. The lowest BCUT2D eigenvalue weighted by Crippen LogP contribution is -2.04. The maximum Gasteiger partial charge on any atom is 0.124 e. The highest BCUT2D eigenvalue weighted by atomic mass is 79.9. The van der Waals surface area contributed by atoms with E-state index in [2.05, 4.69) is 56.3 Å². The number of hydrogen-bond acceptors (Lipinski definition) is 1. The largest absolute Gasteiger partial charge is 0.343 e. The third-order valence-corrected chi connectivity index (χ3v) is 4.31. The van der Waals surface area contributed by atoms with Crippen LogP contribution in [-0.2, 0) is 13.1 Å². The lowest BCUT2D eigenvalue weighted by Gasteiger charge is -2.08. The molecular weight excluding hydrogens is 331 g/mol. The Morgan fingerprint density at radius 1 is 1.14 bits per heavy atom. The number of hydrogen-bond donors (Lipinski definition) is 1. The van der Waals surface area contributed by atoms with E-state index in [-0.39, 0.29) is 5.82 Å². The fourth-order valence-corrected chi connectivity index (χ4v) is 3.01. The Hall–Kier alpha value is -1.65. The van der Waals surface area contributed by atoms with Gasteiger partial charge in [-0.25, -0.2) is 4.39 Å². The molecule has 0 bridgehead atoms. The molecule has 1 N–H and O–H groups in total. The minimum atomic E-state index is -0.223. The number of nitrogens with zero attached hydrogens (tertiary/aromatic N) is 1. The summed E-state index contributed by atoms with van der Waals surface area (Å²) in [5.41, 5.74) is 3.52. The molecule has 0 aliphatic rings. The van der Waals surface area contributed by atoms with E-state index in [0.717, 1.165) is 23.1 Å². The zero-order chi connectivity index (χ0) is 14.8. The van der Waals surface area contributed by atoms with Gasteiger partial charge in [-0.15, -0.1) is 0 Å². The van der Waals surface area contributed by atoms with Crippen LogP contribution in [0.2, 0.25) is 0 Å². The smallest absolute Gasteiger partial charge is 0.124 e. The molecule has 0 atom stereocenters. The van der Waals surface area contributed by atoms with Gasteiger partial charge in [0.25, 0.3) is 0 Å². The molecule has 1 heterocycles. The number of fused-ring (bicyclic) bond motifs is 1. The highest BCUT2D eigenvalue weighted by Crippen LogP contribution is 2.23. The number of benzene rings is 2. The van der Waals surface area contributed by atoms with Crippen LogP contribution in [0.1, 0.15) is 11.1 Å². The Morgan fingerprint density at radius 2 is 2.00 bits per heavy atom. The van der Waals surface area contributed by atoms with Crippen molar-refractivity contribution in [2.45, 2.75) is 13.1 Å². The third-order valence-electron chi connectivity index (χ3n) is 3.57. The van der Waals surface area contributed by atoms with Crippen LogP contribution in [0.25, 0.3) is 10.9 Å². The van der Waals surface area contributed by atoms with Crippen molar-refractivity contribution in [1.82, 2.24) is 9.88 Å². The summed E-state index contributed by atoms with van der Waals surface area (Å²) in [6.45, 7) is 1.58. The summed E-state index contributed by atoms with van der Waals surface area (Å²) in [5, 5.41) is 4.38. The summed E-state index contributed by atoms with van der Waals surface area (Å²) in [7, 11) is 1.95. The third kappa shape index (κ3) is 3.01. The van der Waals surface area contributed by atoms with Crippen molar-refractivity contribution in [2.24, 2.45) is 0 Å². The zero-order valence-electron chi connectivity index (χ0n) is 11.7. The Bertz CT molecular complexity index is 780. The molecular formula is C17H16BrFN2. The van der Waals surface area contributed by atoms with Gasteiger partial charge >= 0.3 is 0 Å². The summed E-state index contributed by atoms with van der Waals surface area (Å²) in [6.07, 6.45) is 2.07. The van der Waals surface area contributed by atoms with Crippen molar-refractivity contribution in [3.05, 3.63) is 70.1 Å². The van der Waals surface area contributed by atoms with Crippen LogP contribution >= 0.6 is 15.9 Å². The average molecular weight is 347 g/mol. The predicted molar refractivity (Wildman–Crippen MR) is 87.9 cm³/mol. The highest BCUT2D eigenvalue weighted by molar-refractivity contribution is 9.10. The Morgan fingerprint density at radius 3 is 2.76 bits per heavy atom. The molecule has 0 spiro atoms. The quantitative estimate of drug-likeness (QED) is 0.744. The van der Waals surface area contributed by atoms with Gasteiger partial charge in [0.2, 0.25) is 0 Å². The molecule has 4 heteroatoms. The van der Waals surface area contributed by atoms with Crippen LogP contribution in [0, 0.1) is 5.82 Å². The van der Waals surface area contributed by atoms with Crippen molar-refractivity contribution >= 4 is 26.8 Å². The molecule has 2 nitrogen and oxygen atoms in total. The predicted octanol–water partition coefficient (Wildman–Crippen LogP) is 4.31. The fraction of sp³-hybridized carbons (Fsp3) is 0.176. The van der Waals surface area contributed by atoms with E-state index in [1.54, 1.807) is 0 Å². The molecule has 0 aliphatic carbocycles. The fourth-order valence-electron chi connectivity index (χ4n) is 2.54. The molecule has 3 rings (SSSR count). The first kappa shape index (κ1) is 14.3. The van der Waals surface area contributed by atoms with Crippen LogP contribution in [0.15, 0.2) is 53.1 Å². The molecule has 0 fully saturated rings. The number of halogens is 2. The lowest BCUT2D eigenvalue weighted by atomic mass is 10.1. The first-order valence-corrected chi connectivity index (χ1v) is 7.63. The lowest BCUT2D eigenvalue weighted by molar-refractivity contribution is 0.625. The summed E-state index contributed by atoms with van der Waals surface area (Å²) >= 11 is 3.43. The Balaban J connectivity index is 1.94. The molecule has 0 saturated heterocycles. The first-order valence-electron chi connectivity index (χ1n) is 6.83. The summed E-state index contributed by atoms with van der Waals surface area (Å²) in [4.78, 5) is 0. The maximum atomic E-state index is 13.2. The van der Waals surface area contributed by atoms with Crippen molar-refractivity contribution in [3.8, 4) is 0 Å². The second kappa shape index (κ2) is 6.00. The second-order valence-electron chi connectivity index (χ2n) is 5.10. The van der Waals surface area contributed by atoms with Gasteiger partial charge in [-0.2, -0.15) is 0 Å². The van der Waals surface area contributed by atoms with Gasteiger partial charge < -0.3 is 9.88 Å². The molecule has 1 aromatic heterocycles. The molecule has 0 radical (unpaired) electrons. The van der Waals surface area contributed by atoms with E-state index < -0.39 is 0 Å². The van der Waals surface area contributed by atoms with Gasteiger partial charge in [-0.1, -0.05) is 28.1 Å². The van der Waals surface area contributed by atoms with Crippen molar-refractivity contribution in [1.29, 1.82) is 0 Å². The van der Waals surface area contributed by atoms with Gasteiger partial charge in [0.05, 0.1) is 0 Å². The molecule has 0 aliphatic heterocycles. The van der Waals surface area contributed by atoms with Crippen LogP contribution in [-0.4, -0.2) is 11.6 Å². The van der Waals surface area contributed by atoms with Crippen molar-refractivity contribution in [2.75, 3.05) is 7.05 Å². The van der Waals surface area contributed by atoms with Gasteiger partial charge in [0.15, 0.2) is 0 Å². The van der Waals surface area contributed by atoms with Gasteiger partial charge in [0.1, 0.15) is 5.82 Å². The molecule has 2 aromatic carbocycles. The molecule has 0 unspecified atom stereocenters. The van der Waals surface area contributed by atoms with Gasteiger partial charge in [-0.05, 0) is 53.9 Å². The number of nitrogens with one attached hydrogen (secondary N) is 1. The van der Waals surface area contributed by atoms with E-state index in [4.69, 9.17) is 0 Å². The molecule has 108 valence electrons. The molecule has 0 saturated carbocycles. The molecule has 0 amide bonds. The van der Waals surface area contributed by atoms with E-state index in [1.807, 2.05) is 13.1 Å². The first-order chi connectivity index (χ1) is 10.2. The average Bonchev–Trinajstić information content (AvgIpc) is 2.85. The summed E-state index contributed by atoms with van der Waals surface area (Å²) < 4.78 is 16.1. The van der Waals surface area contributed by atoms with Gasteiger partial charge in [0, 0.05) is 29.3 Å². The number of rotatable bonds is 4. The zero-order valence-corrected chi connectivity index (χ0v) is 13.3. The van der Waals surface area contributed by atoms with E-state index in [9.17, 15) is 4.39 Å².